The lowest BCUT2D eigenvalue weighted by atomic mass is 10.3. The number of furan rings is 1. The Balaban J connectivity index is 1.56. The normalized spacial score (nSPS) is 11.9. The van der Waals surface area contributed by atoms with E-state index in [1.54, 1.807) is 49.8 Å². The van der Waals surface area contributed by atoms with E-state index in [0.717, 1.165) is 22.9 Å². The van der Waals surface area contributed by atoms with E-state index < -0.39 is 0 Å². The first kappa shape index (κ1) is 17.7. The van der Waals surface area contributed by atoms with Gasteiger partial charge in [0.2, 0.25) is 0 Å². The maximum atomic E-state index is 12.3. The molecule has 2 aromatic heterocycles. The van der Waals surface area contributed by atoms with E-state index in [1.807, 2.05) is 6.92 Å². The molecule has 1 unspecified atom stereocenters. The van der Waals surface area contributed by atoms with Gasteiger partial charge in [-0.3, -0.25) is 4.79 Å². The van der Waals surface area contributed by atoms with Gasteiger partial charge < -0.3 is 23.8 Å². The summed E-state index contributed by atoms with van der Waals surface area (Å²) in [6, 6.07) is 10.7. The van der Waals surface area contributed by atoms with Crippen LogP contribution in [0.3, 0.4) is 0 Å². The van der Waals surface area contributed by atoms with Gasteiger partial charge in [0.05, 0.1) is 19.9 Å². The summed E-state index contributed by atoms with van der Waals surface area (Å²) in [5.41, 5.74) is 0.726. The van der Waals surface area contributed by atoms with Gasteiger partial charge in [0.1, 0.15) is 5.75 Å². The zero-order valence-corrected chi connectivity index (χ0v) is 14.7. The standard InChI is InChI=1S/C18H20N4O4/c1-3-22(11-16(23)19-13-6-8-14(24-2)9-7-13)12-17-20-21-18(26-17)15-5-4-10-25-15/h4-10H,3,11-12H2,1-2H3,(H,19,23)/p+1. The van der Waals surface area contributed by atoms with Crippen LogP contribution in [-0.4, -0.2) is 36.3 Å². The summed E-state index contributed by atoms with van der Waals surface area (Å²) in [5, 5.41) is 10.9. The molecule has 3 rings (SSSR count). The van der Waals surface area contributed by atoms with Crippen LogP contribution in [0.25, 0.3) is 11.7 Å². The fraction of sp³-hybridized carbons (Fsp3) is 0.278. The minimum Gasteiger partial charge on any atom is -0.497 e. The number of hydrogen-bond acceptors (Lipinski definition) is 6. The van der Waals surface area contributed by atoms with Crippen LogP contribution in [0.2, 0.25) is 0 Å². The monoisotopic (exact) mass is 357 g/mol. The maximum absolute atomic E-state index is 12.3. The lowest BCUT2D eigenvalue weighted by Gasteiger charge is -2.15. The van der Waals surface area contributed by atoms with Gasteiger partial charge >= 0.3 is 0 Å². The number of rotatable bonds is 8. The molecule has 8 heteroatoms. The number of carbonyl (C=O) groups is 1. The molecule has 0 saturated carbocycles. The van der Waals surface area contributed by atoms with Gasteiger partial charge in [-0.1, -0.05) is 0 Å². The summed E-state index contributed by atoms with van der Waals surface area (Å²) in [6.45, 7) is 3.50. The molecule has 0 aliphatic heterocycles. The highest BCUT2D eigenvalue weighted by atomic mass is 16.5. The highest BCUT2D eigenvalue weighted by Crippen LogP contribution is 2.17. The van der Waals surface area contributed by atoms with Crippen molar-refractivity contribution in [3.05, 3.63) is 48.6 Å². The number of likely N-dealkylation sites (N-methyl/N-ethyl adjacent to an activating group) is 1. The van der Waals surface area contributed by atoms with Crippen molar-refractivity contribution in [1.29, 1.82) is 0 Å². The van der Waals surface area contributed by atoms with E-state index in [1.165, 1.54) is 0 Å². The number of quaternary nitrogens is 1. The summed E-state index contributed by atoms with van der Waals surface area (Å²) in [4.78, 5) is 13.3. The number of benzene rings is 1. The summed E-state index contributed by atoms with van der Waals surface area (Å²) in [5.74, 6) is 1.98. The molecule has 136 valence electrons. The predicted octanol–water partition coefficient (Wildman–Crippen LogP) is 1.38. The molecule has 0 aliphatic rings. The Bertz CT molecular complexity index is 827. The summed E-state index contributed by atoms with van der Waals surface area (Å²) in [6.07, 6.45) is 1.55. The summed E-state index contributed by atoms with van der Waals surface area (Å²) >= 11 is 0. The van der Waals surface area contributed by atoms with Crippen molar-refractivity contribution in [2.75, 3.05) is 25.5 Å². The van der Waals surface area contributed by atoms with Crippen LogP contribution in [0.15, 0.2) is 51.5 Å². The van der Waals surface area contributed by atoms with Crippen LogP contribution >= 0.6 is 0 Å². The molecule has 0 fully saturated rings. The van der Waals surface area contributed by atoms with Gasteiger partial charge in [-0.05, 0) is 43.3 Å². The average molecular weight is 357 g/mol. The fourth-order valence-corrected chi connectivity index (χ4v) is 2.46. The zero-order valence-electron chi connectivity index (χ0n) is 14.7. The molecule has 0 spiro atoms. The van der Waals surface area contributed by atoms with Crippen molar-refractivity contribution in [2.45, 2.75) is 13.5 Å². The second-order valence-corrected chi connectivity index (χ2v) is 5.71. The number of nitrogens with zero attached hydrogens (tertiary/aromatic N) is 2. The number of amides is 1. The number of nitrogens with one attached hydrogen (secondary N) is 2. The van der Waals surface area contributed by atoms with Gasteiger partial charge in [0, 0.05) is 5.69 Å². The third-order valence-electron chi connectivity index (χ3n) is 3.88. The first-order valence-corrected chi connectivity index (χ1v) is 8.31. The second-order valence-electron chi connectivity index (χ2n) is 5.71. The molecular formula is C18H21N4O4+. The fourth-order valence-electron chi connectivity index (χ4n) is 2.46. The van der Waals surface area contributed by atoms with Crippen LogP contribution in [0.5, 0.6) is 5.75 Å². The van der Waals surface area contributed by atoms with E-state index in [-0.39, 0.29) is 5.91 Å². The molecule has 0 radical (unpaired) electrons. The average Bonchev–Trinajstić information content (AvgIpc) is 3.33. The van der Waals surface area contributed by atoms with Crippen molar-refractivity contribution in [3.8, 4) is 17.4 Å². The lowest BCUT2D eigenvalue weighted by Crippen LogP contribution is -3.11. The Hall–Kier alpha value is -3.13. The Morgan fingerprint density at radius 1 is 1.23 bits per heavy atom. The Morgan fingerprint density at radius 2 is 2.04 bits per heavy atom. The number of aromatic nitrogens is 2. The Labute approximate surface area is 150 Å². The predicted molar refractivity (Wildman–Crippen MR) is 93.7 cm³/mol. The smallest absolute Gasteiger partial charge is 0.283 e. The molecule has 0 saturated heterocycles. The number of ether oxygens (including phenoxy) is 1. The van der Waals surface area contributed by atoms with Gasteiger partial charge in [-0.15, -0.1) is 10.2 Å². The minimum absolute atomic E-state index is 0.0854. The summed E-state index contributed by atoms with van der Waals surface area (Å²) < 4.78 is 15.9. The van der Waals surface area contributed by atoms with Gasteiger partial charge in [0.15, 0.2) is 18.8 Å². The maximum Gasteiger partial charge on any atom is 0.283 e. The summed E-state index contributed by atoms with van der Waals surface area (Å²) in [7, 11) is 1.60. The van der Waals surface area contributed by atoms with Crippen LogP contribution in [0.4, 0.5) is 5.69 Å². The first-order valence-electron chi connectivity index (χ1n) is 8.31. The third-order valence-corrected chi connectivity index (χ3v) is 3.88. The topological polar surface area (TPSA) is 94.8 Å². The molecule has 8 nitrogen and oxygen atoms in total. The van der Waals surface area contributed by atoms with Crippen molar-refractivity contribution in [3.63, 3.8) is 0 Å². The molecule has 1 amide bonds. The van der Waals surface area contributed by atoms with Crippen molar-refractivity contribution in [1.82, 2.24) is 10.2 Å². The molecule has 0 aliphatic carbocycles. The highest BCUT2D eigenvalue weighted by Gasteiger charge is 2.18. The number of carbonyl (C=O) groups excluding carboxylic acids is 1. The third kappa shape index (κ3) is 4.48. The lowest BCUT2D eigenvalue weighted by molar-refractivity contribution is -0.905. The van der Waals surface area contributed by atoms with E-state index in [0.29, 0.717) is 30.6 Å². The van der Waals surface area contributed by atoms with Crippen LogP contribution in [0, 0.1) is 0 Å². The molecule has 26 heavy (non-hydrogen) atoms. The van der Waals surface area contributed by atoms with Gasteiger partial charge in [-0.2, -0.15) is 0 Å². The van der Waals surface area contributed by atoms with Crippen LogP contribution in [-0.2, 0) is 11.3 Å². The van der Waals surface area contributed by atoms with E-state index in [4.69, 9.17) is 13.6 Å². The molecule has 2 heterocycles. The SMILES string of the molecule is CC[NH+](CC(=O)Nc1ccc(OC)cc1)Cc1nnc(-c2ccco2)o1. The Kier molecular flexibility index (Phi) is 5.65. The molecule has 3 aromatic rings. The van der Waals surface area contributed by atoms with Crippen LogP contribution in [0.1, 0.15) is 12.8 Å². The van der Waals surface area contributed by atoms with Gasteiger partial charge in [-0.25, -0.2) is 0 Å². The van der Waals surface area contributed by atoms with Gasteiger partial charge in [0.25, 0.3) is 17.7 Å². The van der Waals surface area contributed by atoms with E-state index in [9.17, 15) is 4.79 Å². The largest absolute Gasteiger partial charge is 0.497 e. The zero-order chi connectivity index (χ0) is 18.4. The first-order chi connectivity index (χ1) is 12.7. The van der Waals surface area contributed by atoms with E-state index in [2.05, 4.69) is 15.5 Å². The number of anilines is 1. The number of methoxy groups -OCH3 is 1. The van der Waals surface area contributed by atoms with Crippen molar-refractivity contribution >= 4 is 11.6 Å². The minimum atomic E-state index is -0.0854. The Morgan fingerprint density at radius 3 is 2.69 bits per heavy atom. The van der Waals surface area contributed by atoms with E-state index >= 15 is 0 Å². The molecule has 0 bridgehead atoms. The second kappa shape index (κ2) is 8.30. The molecular weight excluding hydrogens is 336 g/mol. The van der Waals surface area contributed by atoms with Crippen LogP contribution < -0.4 is 15.0 Å². The molecule has 1 aromatic carbocycles. The highest BCUT2D eigenvalue weighted by molar-refractivity contribution is 5.91. The van der Waals surface area contributed by atoms with Crippen molar-refractivity contribution in [2.24, 2.45) is 0 Å². The molecule has 1 atom stereocenters. The molecule has 2 N–H and O–H groups in total. The number of hydrogen-bond donors (Lipinski definition) is 2. The van der Waals surface area contributed by atoms with Crippen molar-refractivity contribution < 1.29 is 23.3 Å². The quantitative estimate of drug-likeness (QED) is 0.632.